The number of carboxylic acids is 1. The van der Waals surface area contributed by atoms with Crippen LogP contribution in [-0.4, -0.2) is 40.6 Å². The zero-order valence-corrected chi connectivity index (χ0v) is 11.6. The molecule has 104 valence electrons. The minimum absolute atomic E-state index is 0.0678. The van der Waals surface area contributed by atoms with E-state index in [-0.39, 0.29) is 18.0 Å². The molecule has 3 unspecified atom stereocenters. The fourth-order valence-corrected chi connectivity index (χ4v) is 2.48. The van der Waals surface area contributed by atoms with Crippen LogP contribution in [0.4, 0.5) is 4.79 Å². The van der Waals surface area contributed by atoms with Gasteiger partial charge in [-0.25, -0.2) is 9.59 Å². The van der Waals surface area contributed by atoms with E-state index >= 15 is 0 Å². The zero-order valence-electron chi connectivity index (χ0n) is 11.6. The Morgan fingerprint density at radius 2 is 2.06 bits per heavy atom. The van der Waals surface area contributed by atoms with Crippen LogP contribution in [0.2, 0.25) is 0 Å². The molecule has 4 atom stereocenters. The van der Waals surface area contributed by atoms with Crippen LogP contribution in [0.25, 0.3) is 0 Å². The molecule has 0 aromatic carbocycles. The van der Waals surface area contributed by atoms with Crippen molar-refractivity contribution in [2.45, 2.75) is 52.6 Å². The lowest BCUT2D eigenvalue weighted by Gasteiger charge is -2.26. The number of likely N-dealkylation sites (tertiary alicyclic amines) is 1. The van der Waals surface area contributed by atoms with Gasteiger partial charge in [0, 0.05) is 12.6 Å². The van der Waals surface area contributed by atoms with Crippen LogP contribution in [0.3, 0.4) is 0 Å². The van der Waals surface area contributed by atoms with E-state index in [4.69, 9.17) is 5.11 Å². The van der Waals surface area contributed by atoms with Crippen LogP contribution >= 0.6 is 0 Å². The molecule has 0 aromatic rings. The largest absolute Gasteiger partial charge is 0.480 e. The quantitative estimate of drug-likeness (QED) is 0.807. The molecule has 0 spiro atoms. The van der Waals surface area contributed by atoms with E-state index in [0.29, 0.717) is 12.5 Å². The highest BCUT2D eigenvalue weighted by molar-refractivity contribution is 5.83. The molecule has 0 saturated carbocycles. The minimum atomic E-state index is -0.961. The normalized spacial score (nSPS) is 26.8. The highest BCUT2D eigenvalue weighted by atomic mass is 16.4. The summed E-state index contributed by atoms with van der Waals surface area (Å²) in [6.07, 6.45) is 1.71. The maximum absolute atomic E-state index is 12.1. The van der Waals surface area contributed by atoms with Crippen molar-refractivity contribution < 1.29 is 14.7 Å². The third-order valence-corrected chi connectivity index (χ3v) is 3.80. The van der Waals surface area contributed by atoms with Gasteiger partial charge in [-0.05, 0) is 25.2 Å². The molecule has 5 heteroatoms. The lowest BCUT2D eigenvalue weighted by molar-refractivity contribution is -0.140. The van der Waals surface area contributed by atoms with Crippen molar-refractivity contribution in [1.82, 2.24) is 10.2 Å². The number of carbonyl (C=O) groups excluding carboxylic acids is 1. The Balaban J connectivity index is 2.64. The van der Waals surface area contributed by atoms with Crippen molar-refractivity contribution in [3.05, 3.63) is 0 Å². The summed E-state index contributed by atoms with van der Waals surface area (Å²) in [6, 6.07) is -0.864. The van der Waals surface area contributed by atoms with Crippen LogP contribution in [0.1, 0.15) is 40.5 Å². The molecule has 1 saturated heterocycles. The van der Waals surface area contributed by atoms with E-state index in [9.17, 15) is 9.59 Å². The van der Waals surface area contributed by atoms with Gasteiger partial charge in [-0.1, -0.05) is 27.2 Å². The van der Waals surface area contributed by atoms with Crippen molar-refractivity contribution in [1.29, 1.82) is 0 Å². The second-order valence-corrected chi connectivity index (χ2v) is 5.49. The molecule has 5 nitrogen and oxygen atoms in total. The fraction of sp³-hybridized carbons (Fsp3) is 0.846. The molecule has 0 bridgehead atoms. The number of nitrogens with zero attached hydrogens (tertiary/aromatic N) is 1. The third kappa shape index (κ3) is 3.37. The summed E-state index contributed by atoms with van der Waals surface area (Å²) < 4.78 is 0. The van der Waals surface area contributed by atoms with Crippen molar-refractivity contribution in [3.63, 3.8) is 0 Å². The van der Waals surface area contributed by atoms with Crippen LogP contribution in [0, 0.1) is 11.8 Å². The number of aliphatic carboxylic acids is 1. The van der Waals surface area contributed by atoms with Gasteiger partial charge in [0.2, 0.25) is 0 Å². The molecule has 0 radical (unpaired) electrons. The first-order valence-corrected chi connectivity index (χ1v) is 6.66. The average Bonchev–Trinajstić information content (AvgIpc) is 2.63. The van der Waals surface area contributed by atoms with Crippen LogP contribution in [0.15, 0.2) is 0 Å². The monoisotopic (exact) mass is 256 g/mol. The van der Waals surface area contributed by atoms with Crippen LogP contribution < -0.4 is 5.32 Å². The number of urea groups is 1. The van der Waals surface area contributed by atoms with Crippen LogP contribution in [-0.2, 0) is 4.79 Å². The smallest absolute Gasteiger partial charge is 0.326 e. The van der Waals surface area contributed by atoms with Crippen molar-refractivity contribution in [2.24, 2.45) is 11.8 Å². The first-order valence-electron chi connectivity index (χ1n) is 6.66. The standard InChI is InChI=1S/C13H24N2O3/c1-5-9(3)11(12(16)17)14-13(18)15-7-8(2)6-10(15)4/h8-11H,5-7H2,1-4H3,(H,14,18)(H,16,17)/t8?,9?,10?,11-/m0/s1. The molecule has 1 rings (SSSR count). The van der Waals surface area contributed by atoms with Gasteiger partial charge in [0.1, 0.15) is 6.04 Å². The predicted molar refractivity (Wildman–Crippen MR) is 69.4 cm³/mol. The molecule has 1 aliphatic heterocycles. The Morgan fingerprint density at radius 1 is 1.44 bits per heavy atom. The third-order valence-electron chi connectivity index (χ3n) is 3.80. The summed E-state index contributed by atoms with van der Waals surface area (Å²) in [7, 11) is 0. The van der Waals surface area contributed by atoms with E-state index in [1.54, 1.807) is 4.90 Å². The zero-order chi connectivity index (χ0) is 13.9. The maximum atomic E-state index is 12.1. The first-order chi connectivity index (χ1) is 8.36. The second kappa shape index (κ2) is 6.07. The lowest BCUT2D eigenvalue weighted by Crippen LogP contribution is -2.51. The predicted octanol–water partition coefficient (Wildman–Crippen LogP) is 1.93. The highest BCUT2D eigenvalue weighted by Gasteiger charge is 2.33. The molecular weight excluding hydrogens is 232 g/mol. The second-order valence-electron chi connectivity index (χ2n) is 5.49. The molecule has 0 aromatic heterocycles. The average molecular weight is 256 g/mol. The molecule has 18 heavy (non-hydrogen) atoms. The number of carbonyl (C=O) groups is 2. The van der Waals surface area contributed by atoms with E-state index in [1.807, 2.05) is 20.8 Å². The molecule has 0 aliphatic carbocycles. The number of hydrogen-bond donors (Lipinski definition) is 2. The van der Waals surface area contributed by atoms with Crippen molar-refractivity contribution in [3.8, 4) is 0 Å². The lowest BCUT2D eigenvalue weighted by atomic mass is 9.99. The van der Waals surface area contributed by atoms with E-state index < -0.39 is 12.0 Å². The van der Waals surface area contributed by atoms with Gasteiger partial charge in [0.15, 0.2) is 0 Å². The summed E-state index contributed by atoms with van der Waals surface area (Å²) in [5, 5.41) is 11.8. The van der Waals surface area contributed by atoms with Crippen LogP contribution in [0.5, 0.6) is 0 Å². The van der Waals surface area contributed by atoms with Gasteiger partial charge in [-0.2, -0.15) is 0 Å². The molecule has 2 amide bonds. The first kappa shape index (κ1) is 14.8. The summed E-state index contributed by atoms with van der Waals surface area (Å²) in [4.78, 5) is 25.0. The van der Waals surface area contributed by atoms with Gasteiger partial charge >= 0.3 is 12.0 Å². The maximum Gasteiger partial charge on any atom is 0.326 e. The Labute approximate surface area is 109 Å². The van der Waals surface area contributed by atoms with Gasteiger partial charge in [0.25, 0.3) is 0 Å². The van der Waals surface area contributed by atoms with Crippen molar-refractivity contribution in [2.75, 3.05) is 6.54 Å². The molecular formula is C13H24N2O3. The van der Waals surface area contributed by atoms with Gasteiger partial charge in [-0.15, -0.1) is 0 Å². The van der Waals surface area contributed by atoms with E-state index in [1.165, 1.54) is 0 Å². The summed E-state index contributed by atoms with van der Waals surface area (Å²) in [6.45, 7) is 8.58. The number of nitrogens with one attached hydrogen (secondary N) is 1. The van der Waals surface area contributed by atoms with Crippen molar-refractivity contribution >= 4 is 12.0 Å². The number of amides is 2. The van der Waals surface area contributed by atoms with Gasteiger partial charge < -0.3 is 15.3 Å². The Kier molecular flexibility index (Phi) is 4.99. The SMILES string of the molecule is CCC(C)[C@H](NC(=O)N1CC(C)CC1C)C(=O)O. The number of rotatable bonds is 4. The summed E-state index contributed by atoms with van der Waals surface area (Å²) in [5.74, 6) is -0.544. The minimum Gasteiger partial charge on any atom is -0.480 e. The Bertz CT molecular complexity index is 319. The number of hydrogen-bond acceptors (Lipinski definition) is 2. The van der Waals surface area contributed by atoms with E-state index in [0.717, 1.165) is 12.8 Å². The highest BCUT2D eigenvalue weighted by Crippen LogP contribution is 2.22. The number of carboxylic acid groups (broad SMARTS) is 1. The summed E-state index contributed by atoms with van der Waals surface area (Å²) in [5.41, 5.74) is 0. The molecule has 1 aliphatic rings. The van der Waals surface area contributed by atoms with Gasteiger partial charge in [-0.3, -0.25) is 0 Å². The Morgan fingerprint density at radius 3 is 2.44 bits per heavy atom. The Hall–Kier alpha value is -1.26. The molecule has 2 N–H and O–H groups in total. The molecule has 1 heterocycles. The summed E-state index contributed by atoms with van der Waals surface area (Å²) >= 11 is 0. The van der Waals surface area contributed by atoms with E-state index in [2.05, 4.69) is 12.2 Å². The van der Waals surface area contributed by atoms with Gasteiger partial charge in [0.05, 0.1) is 0 Å². The molecule has 1 fully saturated rings. The topological polar surface area (TPSA) is 69.6 Å². The fourth-order valence-electron chi connectivity index (χ4n) is 2.48.